The maximum Gasteiger partial charge on any atom is 0.315 e. The van der Waals surface area contributed by atoms with Crippen molar-refractivity contribution < 1.29 is 13.9 Å². The van der Waals surface area contributed by atoms with Gasteiger partial charge in [-0.15, -0.1) is 0 Å². The Morgan fingerprint density at radius 2 is 1.79 bits per heavy atom. The maximum atomic E-state index is 12.9. The Labute approximate surface area is 169 Å². The molecule has 150 valence electrons. The van der Waals surface area contributed by atoms with Crippen molar-refractivity contribution in [3.63, 3.8) is 0 Å². The van der Waals surface area contributed by atoms with Crippen molar-refractivity contribution in [3.8, 4) is 11.6 Å². The van der Waals surface area contributed by atoms with E-state index < -0.39 is 0 Å². The number of pyridine rings is 1. The zero-order valence-electron chi connectivity index (χ0n) is 16.3. The summed E-state index contributed by atoms with van der Waals surface area (Å²) in [5, 5.41) is 5.77. The van der Waals surface area contributed by atoms with Crippen LogP contribution >= 0.6 is 0 Å². The topological polar surface area (TPSA) is 63.2 Å². The van der Waals surface area contributed by atoms with Crippen LogP contribution < -0.4 is 15.4 Å². The average molecular weight is 393 g/mol. The van der Waals surface area contributed by atoms with Crippen LogP contribution in [0.15, 0.2) is 72.9 Å². The standard InChI is InChI=1S/C23H24FN3O2/c1-17(7-8-18-5-3-2-4-6-18)27-23(28)26-16-19-9-14-22(25-15-19)29-21-12-10-20(24)11-13-21/h2-6,9-15,17H,7-8,16H2,1H3,(H2,26,27,28). The summed E-state index contributed by atoms with van der Waals surface area (Å²) in [6.07, 6.45) is 3.42. The van der Waals surface area contributed by atoms with Gasteiger partial charge < -0.3 is 15.4 Å². The molecule has 6 heteroatoms. The number of rotatable bonds is 8. The predicted octanol–water partition coefficient (Wildman–Crippen LogP) is 4.83. The second-order valence-corrected chi connectivity index (χ2v) is 6.81. The maximum absolute atomic E-state index is 12.9. The van der Waals surface area contributed by atoms with Crippen LogP contribution in [0, 0.1) is 5.82 Å². The number of aromatic nitrogens is 1. The van der Waals surface area contributed by atoms with Gasteiger partial charge in [0.2, 0.25) is 5.88 Å². The highest BCUT2D eigenvalue weighted by molar-refractivity contribution is 5.74. The first-order chi connectivity index (χ1) is 14.1. The summed E-state index contributed by atoms with van der Waals surface area (Å²) >= 11 is 0. The monoisotopic (exact) mass is 393 g/mol. The summed E-state index contributed by atoms with van der Waals surface area (Å²) in [6, 6.07) is 19.3. The predicted molar refractivity (Wildman–Crippen MR) is 110 cm³/mol. The molecule has 1 heterocycles. The molecule has 1 aromatic heterocycles. The minimum Gasteiger partial charge on any atom is -0.439 e. The van der Waals surface area contributed by atoms with Gasteiger partial charge in [0.15, 0.2) is 0 Å². The van der Waals surface area contributed by atoms with Crippen LogP contribution in [0.5, 0.6) is 11.6 Å². The Bertz CT molecular complexity index is 900. The van der Waals surface area contributed by atoms with Crippen molar-refractivity contribution in [1.82, 2.24) is 15.6 Å². The van der Waals surface area contributed by atoms with Crippen molar-refractivity contribution in [2.75, 3.05) is 0 Å². The zero-order chi connectivity index (χ0) is 20.5. The second-order valence-electron chi connectivity index (χ2n) is 6.81. The molecule has 1 atom stereocenters. The Morgan fingerprint density at radius 3 is 2.48 bits per heavy atom. The number of carbonyl (C=O) groups is 1. The van der Waals surface area contributed by atoms with Crippen LogP contribution in [-0.4, -0.2) is 17.1 Å². The minimum absolute atomic E-state index is 0.0693. The highest BCUT2D eigenvalue weighted by Gasteiger charge is 2.08. The number of nitrogens with one attached hydrogen (secondary N) is 2. The SMILES string of the molecule is CC(CCc1ccccc1)NC(=O)NCc1ccc(Oc2ccc(F)cc2)nc1. The minimum atomic E-state index is -0.320. The number of urea groups is 1. The zero-order valence-corrected chi connectivity index (χ0v) is 16.3. The lowest BCUT2D eigenvalue weighted by molar-refractivity contribution is 0.237. The van der Waals surface area contributed by atoms with Gasteiger partial charge in [0.1, 0.15) is 11.6 Å². The second kappa shape index (κ2) is 10.2. The number of hydrogen-bond donors (Lipinski definition) is 2. The number of halogens is 1. The molecule has 0 fully saturated rings. The first kappa shape index (κ1) is 20.3. The summed E-state index contributed by atoms with van der Waals surface area (Å²) in [6.45, 7) is 2.35. The highest BCUT2D eigenvalue weighted by atomic mass is 19.1. The van der Waals surface area contributed by atoms with Gasteiger partial charge in [-0.05, 0) is 55.2 Å². The fourth-order valence-corrected chi connectivity index (χ4v) is 2.76. The summed E-state index contributed by atoms with van der Waals surface area (Å²) < 4.78 is 18.5. The normalized spacial score (nSPS) is 11.5. The molecule has 5 nitrogen and oxygen atoms in total. The molecule has 3 rings (SSSR count). The van der Waals surface area contributed by atoms with Crippen LogP contribution in [-0.2, 0) is 13.0 Å². The van der Waals surface area contributed by atoms with Gasteiger partial charge >= 0.3 is 6.03 Å². The molecule has 3 aromatic rings. The fraction of sp³-hybridized carbons (Fsp3) is 0.217. The molecule has 0 radical (unpaired) electrons. The lowest BCUT2D eigenvalue weighted by Gasteiger charge is -2.15. The molecule has 0 bridgehead atoms. The molecule has 0 aliphatic rings. The summed E-state index contributed by atoms with van der Waals surface area (Å²) in [4.78, 5) is 16.3. The Morgan fingerprint density at radius 1 is 1.03 bits per heavy atom. The fourth-order valence-electron chi connectivity index (χ4n) is 2.76. The third kappa shape index (κ3) is 6.92. The first-order valence-corrected chi connectivity index (χ1v) is 9.55. The number of nitrogens with zero attached hydrogens (tertiary/aromatic N) is 1. The van der Waals surface area contributed by atoms with Gasteiger partial charge in [-0.1, -0.05) is 36.4 Å². The van der Waals surface area contributed by atoms with Gasteiger partial charge in [-0.25, -0.2) is 14.2 Å². The molecule has 2 aromatic carbocycles. The van der Waals surface area contributed by atoms with Crippen molar-refractivity contribution in [2.45, 2.75) is 32.4 Å². The van der Waals surface area contributed by atoms with Gasteiger partial charge in [-0.3, -0.25) is 0 Å². The molecule has 2 amide bonds. The van der Waals surface area contributed by atoms with Crippen molar-refractivity contribution >= 4 is 6.03 Å². The number of aryl methyl sites for hydroxylation is 1. The molecule has 29 heavy (non-hydrogen) atoms. The van der Waals surface area contributed by atoms with E-state index in [2.05, 4.69) is 27.8 Å². The lowest BCUT2D eigenvalue weighted by atomic mass is 10.1. The lowest BCUT2D eigenvalue weighted by Crippen LogP contribution is -2.40. The molecular weight excluding hydrogens is 369 g/mol. The third-order valence-electron chi connectivity index (χ3n) is 4.37. The van der Waals surface area contributed by atoms with Crippen molar-refractivity contribution in [1.29, 1.82) is 0 Å². The molecule has 1 unspecified atom stereocenters. The molecular formula is C23H24FN3O2. The Hall–Kier alpha value is -3.41. The van der Waals surface area contributed by atoms with E-state index in [1.807, 2.05) is 31.2 Å². The summed E-state index contributed by atoms with van der Waals surface area (Å²) in [5.41, 5.74) is 2.11. The first-order valence-electron chi connectivity index (χ1n) is 9.55. The Balaban J connectivity index is 1.39. The Kier molecular flexibility index (Phi) is 7.16. The number of benzene rings is 2. The van der Waals surface area contributed by atoms with Gasteiger partial charge in [0.25, 0.3) is 0 Å². The van der Waals surface area contributed by atoms with E-state index in [9.17, 15) is 9.18 Å². The summed E-state index contributed by atoms with van der Waals surface area (Å²) in [5.74, 6) is 0.590. The van der Waals surface area contributed by atoms with E-state index in [0.717, 1.165) is 18.4 Å². The molecule has 0 spiro atoms. The number of ether oxygens (including phenoxy) is 1. The van der Waals surface area contributed by atoms with Gasteiger partial charge in [0.05, 0.1) is 0 Å². The van der Waals surface area contributed by atoms with Gasteiger partial charge in [0, 0.05) is 24.8 Å². The molecule has 0 saturated heterocycles. The van der Waals surface area contributed by atoms with Crippen molar-refractivity contribution in [2.24, 2.45) is 0 Å². The average Bonchev–Trinajstić information content (AvgIpc) is 2.74. The van der Waals surface area contributed by atoms with Crippen LogP contribution in [0.1, 0.15) is 24.5 Å². The van der Waals surface area contributed by atoms with Crippen LogP contribution in [0.3, 0.4) is 0 Å². The highest BCUT2D eigenvalue weighted by Crippen LogP contribution is 2.19. The summed E-state index contributed by atoms with van der Waals surface area (Å²) in [7, 11) is 0. The quantitative estimate of drug-likeness (QED) is 0.576. The molecule has 0 saturated carbocycles. The van der Waals surface area contributed by atoms with E-state index >= 15 is 0 Å². The molecule has 2 N–H and O–H groups in total. The smallest absolute Gasteiger partial charge is 0.315 e. The largest absolute Gasteiger partial charge is 0.439 e. The number of carbonyl (C=O) groups excluding carboxylic acids is 1. The third-order valence-corrected chi connectivity index (χ3v) is 4.37. The van der Waals surface area contributed by atoms with Crippen molar-refractivity contribution in [3.05, 3.63) is 89.9 Å². The van der Waals surface area contributed by atoms with E-state index in [1.54, 1.807) is 12.3 Å². The van der Waals surface area contributed by atoms with Gasteiger partial charge in [-0.2, -0.15) is 0 Å². The van der Waals surface area contributed by atoms with Crippen LogP contribution in [0.4, 0.5) is 9.18 Å². The van der Waals surface area contributed by atoms with E-state index in [-0.39, 0.29) is 17.9 Å². The number of hydrogen-bond acceptors (Lipinski definition) is 3. The van der Waals surface area contributed by atoms with E-state index in [4.69, 9.17) is 4.74 Å². The molecule has 0 aliphatic carbocycles. The van der Waals surface area contributed by atoms with E-state index in [1.165, 1.54) is 29.8 Å². The number of amides is 2. The van der Waals surface area contributed by atoms with E-state index in [0.29, 0.717) is 18.2 Å². The van der Waals surface area contributed by atoms with Crippen LogP contribution in [0.2, 0.25) is 0 Å². The molecule has 0 aliphatic heterocycles. The van der Waals surface area contributed by atoms with Crippen LogP contribution in [0.25, 0.3) is 0 Å².